The molecule has 0 saturated heterocycles. The molecule has 2 rings (SSSR count). The van der Waals surface area contributed by atoms with E-state index in [1.54, 1.807) is 0 Å². The number of benzene rings is 2. The minimum atomic E-state index is -1.27. The van der Waals surface area contributed by atoms with Crippen LogP contribution in [0.25, 0.3) is 0 Å². The minimum Gasteiger partial charge on any atom is -0.469 e. The molecular weight excluding hydrogens is 411 g/mol. The largest absolute Gasteiger partial charge is 0.469 e. The lowest BCUT2D eigenvalue weighted by Gasteiger charge is -2.26. The van der Waals surface area contributed by atoms with Crippen LogP contribution in [0.2, 0.25) is 0 Å². The number of nitrogens with one attached hydrogen (secondary N) is 1. The summed E-state index contributed by atoms with van der Waals surface area (Å²) in [6.07, 6.45) is -0.427. The number of methoxy groups -OCH3 is 2. The molecule has 2 atom stereocenters. The molecule has 0 aliphatic heterocycles. The summed E-state index contributed by atoms with van der Waals surface area (Å²) < 4.78 is 22.6. The number of halogens is 1. The molecule has 0 bridgehead atoms. The van der Waals surface area contributed by atoms with Gasteiger partial charge in [-0.1, -0.05) is 24.3 Å². The Balaban J connectivity index is 2.32. The Morgan fingerprint density at radius 2 is 1.65 bits per heavy atom. The first-order valence-electron chi connectivity index (χ1n) is 9.18. The fourth-order valence-electron chi connectivity index (χ4n) is 3.00. The fraction of sp³-hybridized carbons (Fsp3) is 0.286. The molecule has 0 unspecified atom stereocenters. The highest BCUT2D eigenvalue weighted by molar-refractivity contribution is 5.87. The van der Waals surface area contributed by atoms with Crippen LogP contribution in [0.15, 0.2) is 48.5 Å². The summed E-state index contributed by atoms with van der Waals surface area (Å²) in [5, 5.41) is 13.5. The summed E-state index contributed by atoms with van der Waals surface area (Å²) in [6, 6.07) is 9.27. The average Bonchev–Trinajstić information content (AvgIpc) is 2.77. The maximum absolute atomic E-state index is 13.1. The number of nitro benzene ring substituents is 1. The monoisotopic (exact) mass is 432 g/mol. The van der Waals surface area contributed by atoms with Crippen LogP contribution < -0.4 is 5.32 Å². The van der Waals surface area contributed by atoms with Crippen LogP contribution in [-0.4, -0.2) is 43.0 Å². The summed E-state index contributed by atoms with van der Waals surface area (Å²) in [4.78, 5) is 47.3. The van der Waals surface area contributed by atoms with E-state index in [9.17, 15) is 28.9 Å². The van der Waals surface area contributed by atoms with Crippen LogP contribution in [0.1, 0.15) is 23.5 Å². The van der Waals surface area contributed by atoms with Gasteiger partial charge in [0.05, 0.1) is 32.0 Å². The van der Waals surface area contributed by atoms with Gasteiger partial charge in [0, 0.05) is 18.1 Å². The van der Waals surface area contributed by atoms with Gasteiger partial charge >= 0.3 is 11.9 Å². The van der Waals surface area contributed by atoms with E-state index in [0.717, 1.165) is 7.11 Å². The third-order valence-electron chi connectivity index (χ3n) is 4.60. The lowest BCUT2D eigenvalue weighted by molar-refractivity contribution is -0.384. The van der Waals surface area contributed by atoms with Crippen molar-refractivity contribution in [3.63, 3.8) is 0 Å². The summed E-state index contributed by atoms with van der Waals surface area (Å²) >= 11 is 0. The summed E-state index contributed by atoms with van der Waals surface area (Å²) in [5.74, 6) is -3.37. The van der Waals surface area contributed by atoms with Gasteiger partial charge in [-0.25, -0.2) is 9.18 Å². The highest BCUT2D eigenvalue weighted by Crippen LogP contribution is 2.27. The summed E-state index contributed by atoms with van der Waals surface area (Å²) in [6.45, 7) is 0. The van der Waals surface area contributed by atoms with Gasteiger partial charge in [0.15, 0.2) is 0 Å². The molecule has 1 amide bonds. The van der Waals surface area contributed by atoms with E-state index in [1.807, 2.05) is 0 Å². The highest BCUT2D eigenvalue weighted by atomic mass is 19.1. The van der Waals surface area contributed by atoms with Crippen LogP contribution in [0.5, 0.6) is 0 Å². The third-order valence-corrected chi connectivity index (χ3v) is 4.60. The maximum atomic E-state index is 13.1. The number of ether oxygens (including phenoxy) is 2. The lowest BCUT2D eigenvalue weighted by atomic mass is 9.88. The number of carbonyl (C=O) groups is 3. The molecule has 0 heterocycles. The molecule has 0 fully saturated rings. The van der Waals surface area contributed by atoms with Crippen molar-refractivity contribution in [1.29, 1.82) is 0 Å². The number of amides is 1. The van der Waals surface area contributed by atoms with Gasteiger partial charge < -0.3 is 14.8 Å². The molecule has 31 heavy (non-hydrogen) atoms. The second kappa shape index (κ2) is 10.8. The van der Waals surface area contributed by atoms with Crippen molar-refractivity contribution in [3.8, 4) is 0 Å². The van der Waals surface area contributed by atoms with Gasteiger partial charge in [-0.05, 0) is 23.3 Å². The Hall–Kier alpha value is -3.82. The van der Waals surface area contributed by atoms with Gasteiger partial charge in [0.2, 0.25) is 5.91 Å². The number of esters is 2. The van der Waals surface area contributed by atoms with Gasteiger partial charge in [-0.2, -0.15) is 0 Å². The Morgan fingerprint density at radius 1 is 1.03 bits per heavy atom. The zero-order valence-electron chi connectivity index (χ0n) is 16.9. The molecule has 1 N–H and O–H groups in total. The van der Waals surface area contributed by atoms with E-state index in [1.165, 1.54) is 55.6 Å². The molecule has 164 valence electrons. The Kier molecular flexibility index (Phi) is 8.18. The standard InChI is InChI=1S/C21H21FN2O7/c1-30-19(26)12-17(14-5-9-16(10-6-14)24(28)29)20(21(27)31-2)23-18(25)11-13-3-7-15(22)8-4-13/h3-10,17,20H,11-12H2,1-2H3,(H,23,25)/t17-,20+/m1/s1. The Bertz CT molecular complexity index is 945. The normalized spacial score (nSPS) is 12.4. The third kappa shape index (κ3) is 6.59. The van der Waals surface area contributed by atoms with Crippen molar-refractivity contribution in [3.05, 3.63) is 75.6 Å². The molecule has 0 aliphatic carbocycles. The first-order chi connectivity index (χ1) is 14.7. The molecule has 10 heteroatoms. The number of nitro groups is 1. The number of rotatable bonds is 9. The number of nitrogens with zero attached hydrogens (tertiary/aromatic N) is 1. The van der Waals surface area contributed by atoms with Crippen LogP contribution in [0.3, 0.4) is 0 Å². The molecule has 0 aliphatic rings. The average molecular weight is 432 g/mol. The minimum absolute atomic E-state index is 0.140. The molecule has 0 spiro atoms. The van der Waals surface area contributed by atoms with Crippen LogP contribution in [-0.2, 0) is 30.3 Å². The van der Waals surface area contributed by atoms with Crippen LogP contribution in [0, 0.1) is 15.9 Å². The van der Waals surface area contributed by atoms with Crippen molar-refractivity contribution in [2.45, 2.75) is 24.8 Å². The first kappa shape index (κ1) is 23.5. The smallest absolute Gasteiger partial charge is 0.329 e. The molecule has 0 saturated carbocycles. The van der Waals surface area contributed by atoms with Crippen molar-refractivity contribution >= 4 is 23.5 Å². The number of hydrogen-bond acceptors (Lipinski definition) is 7. The Labute approximate surface area is 177 Å². The number of non-ortho nitro benzene ring substituents is 1. The topological polar surface area (TPSA) is 125 Å². The summed E-state index contributed by atoms with van der Waals surface area (Å²) in [7, 11) is 2.31. The molecule has 2 aromatic rings. The predicted octanol–water partition coefficient (Wildman–Crippen LogP) is 2.28. The van der Waals surface area contributed by atoms with Crippen molar-refractivity contribution in [2.24, 2.45) is 0 Å². The van der Waals surface area contributed by atoms with Gasteiger partial charge in [0.25, 0.3) is 5.69 Å². The molecule has 9 nitrogen and oxygen atoms in total. The quantitative estimate of drug-likeness (QED) is 0.366. The first-order valence-corrected chi connectivity index (χ1v) is 9.18. The van der Waals surface area contributed by atoms with Crippen molar-refractivity contribution in [2.75, 3.05) is 14.2 Å². The van der Waals surface area contributed by atoms with E-state index in [-0.39, 0.29) is 18.5 Å². The molecule has 0 radical (unpaired) electrons. The second-order valence-electron chi connectivity index (χ2n) is 6.61. The van der Waals surface area contributed by atoms with Crippen molar-refractivity contribution in [1.82, 2.24) is 5.32 Å². The van der Waals surface area contributed by atoms with Gasteiger partial charge in [-0.15, -0.1) is 0 Å². The number of carbonyl (C=O) groups excluding carboxylic acids is 3. The second-order valence-corrected chi connectivity index (χ2v) is 6.61. The fourth-order valence-corrected chi connectivity index (χ4v) is 3.00. The molecule has 2 aromatic carbocycles. The van der Waals surface area contributed by atoms with Crippen LogP contribution >= 0.6 is 0 Å². The highest BCUT2D eigenvalue weighted by Gasteiger charge is 2.34. The van der Waals surface area contributed by atoms with Gasteiger partial charge in [-0.3, -0.25) is 19.7 Å². The summed E-state index contributed by atoms with van der Waals surface area (Å²) in [5.41, 5.74) is 0.742. The van der Waals surface area contributed by atoms with E-state index in [0.29, 0.717) is 11.1 Å². The Morgan fingerprint density at radius 3 is 2.16 bits per heavy atom. The molecule has 0 aromatic heterocycles. The maximum Gasteiger partial charge on any atom is 0.329 e. The predicted molar refractivity (Wildman–Crippen MR) is 107 cm³/mol. The molecular formula is C21H21FN2O7. The number of hydrogen-bond donors (Lipinski definition) is 1. The van der Waals surface area contributed by atoms with Crippen LogP contribution in [0.4, 0.5) is 10.1 Å². The van der Waals surface area contributed by atoms with Crippen molar-refractivity contribution < 1.29 is 33.2 Å². The zero-order chi connectivity index (χ0) is 23.0. The zero-order valence-corrected chi connectivity index (χ0v) is 16.9. The van der Waals surface area contributed by atoms with E-state index in [4.69, 9.17) is 9.47 Å². The lowest BCUT2D eigenvalue weighted by Crippen LogP contribution is -2.46. The van der Waals surface area contributed by atoms with E-state index in [2.05, 4.69) is 5.32 Å². The van der Waals surface area contributed by atoms with E-state index >= 15 is 0 Å². The SMILES string of the molecule is COC(=O)C[C@H](c1ccc([N+](=O)[O-])cc1)[C@H](NC(=O)Cc1ccc(F)cc1)C(=O)OC. The van der Waals surface area contributed by atoms with Gasteiger partial charge in [0.1, 0.15) is 11.9 Å². The van der Waals surface area contributed by atoms with E-state index < -0.39 is 40.5 Å².